The highest BCUT2D eigenvalue weighted by molar-refractivity contribution is 7.96. The first-order valence-corrected chi connectivity index (χ1v) is 8.83. The molecule has 1 aliphatic heterocycles. The monoisotopic (exact) mass is 245 g/mol. The Morgan fingerprint density at radius 1 is 1.31 bits per heavy atom. The SMILES string of the molecule is CCC(C)[S+](C)CCCCCC1CCCO1. The Morgan fingerprint density at radius 2 is 2.12 bits per heavy atom. The van der Waals surface area contributed by atoms with E-state index in [1.54, 1.807) is 0 Å². The molecule has 2 heteroatoms. The molecule has 1 rings (SSSR count). The molecule has 3 atom stereocenters. The van der Waals surface area contributed by atoms with E-state index in [0.29, 0.717) is 17.0 Å². The molecule has 1 nitrogen and oxygen atoms in total. The zero-order valence-corrected chi connectivity index (χ0v) is 12.2. The van der Waals surface area contributed by atoms with E-state index < -0.39 is 0 Å². The Hall–Kier alpha value is 0.310. The summed E-state index contributed by atoms with van der Waals surface area (Å²) >= 11 is 0. The van der Waals surface area contributed by atoms with Crippen LogP contribution >= 0.6 is 0 Å². The van der Waals surface area contributed by atoms with E-state index in [9.17, 15) is 0 Å². The van der Waals surface area contributed by atoms with Crippen molar-refractivity contribution in [2.24, 2.45) is 0 Å². The molecule has 96 valence electrons. The van der Waals surface area contributed by atoms with Gasteiger partial charge in [0.15, 0.2) is 0 Å². The van der Waals surface area contributed by atoms with Gasteiger partial charge in [0.05, 0.1) is 12.4 Å². The molecule has 1 fully saturated rings. The Bertz CT molecular complexity index is 166. The summed E-state index contributed by atoms with van der Waals surface area (Å²) in [5, 5.41) is 0.929. The number of unbranched alkanes of at least 4 members (excludes halogenated alkanes) is 2. The second kappa shape index (κ2) is 8.41. The normalized spacial score (nSPS) is 24.6. The van der Waals surface area contributed by atoms with E-state index in [1.807, 2.05) is 0 Å². The van der Waals surface area contributed by atoms with Crippen LogP contribution in [0.15, 0.2) is 0 Å². The van der Waals surface area contributed by atoms with Gasteiger partial charge in [-0.3, -0.25) is 0 Å². The molecule has 0 spiro atoms. The fourth-order valence-corrected chi connectivity index (χ4v) is 3.87. The van der Waals surface area contributed by atoms with Crippen molar-refractivity contribution in [3.8, 4) is 0 Å². The predicted octanol–water partition coefficient (Wildman–Crippen LogP) is 3.77. The van der Waals surface area contributed by atoms with Crippen LogP contribution in [-0.4, -0.2) is 30.0 Å². The van der Waals surface area contributed by atoms with Gasteiger partial charge in [0.1, 0.15) is 11.0 Å². The summed E-state index contributed by atoms with van der Waals surface area (Å²) in [6.45, 7) is 5.72. The predicted molar refractivity (Wildman–Crippen MR) is 75.4 cm³/mol. The molecule has 0 aliphatic carbocycles. The van der Waals surface area contributed by atoms with Gasteiger partial charge < -0.3 is 4.74 Å². The van der Waals surface area contributed by atoms with Crippen molar-refractivity contribution >= 4 is 10.9 Å². The number of rotatable bonds is 8. The molecule has 0 saturated carbocycles. The van der Waals surface area contributed by atoms with Gasteiger partial charge in [0.25, 0.3) is 0 Å². The zero-order chi connectivity index (χ0) is 11.8. The molecule has 0 aromatic heterocycles. The lowest BCUT2D eigenvalue weighted by molar-refractivity contribution is 0.102. The van der Waals surface area contributed by atoms with Crippen LogP contribution in [0.3, 0.4) is 0 Å². The number of hydrogen-bond donors (Lipinski definition) is 0. The molecule has 1 saturated heterocycles. The van der Waals surface area contributed by atoms with Crippen LogP contribution in [-0.2, 0) is 15.6 Å². The van der Waals surface area contributed by atoms with Gasteiger partial charge in [-0.15, -0.1) is 0 Å². The summed E-state index contributed by atoms with van der Waals surface area (Å²) in [4.78, 5) is 0. The third kappa shape index (κ3) is 5.58. The minimum absolute atomic E-state index is 0.606. The highest BCUT2D eigenvalue weighted by atomic mass is 32.2. The van der Waals surface area contributed by atoms with Gasteiger partial charge in [-0.05, 0) is 56.3 Å². The fraction of sp³-hybridized carbons (Fsp3) is 1.00. The molecule has 0 aromatic carbocycles. The van der Waals surface area contributed by atoms with Gasteiger partial charge in [-0.25, -0.2) is 0 Å². The quantitative estimate of drug-likeness (QED) is 0.467. The Kier molecular flexibility index (Phi) is 7.55. The van der Waals surface area contributed by atoms with E-state index in [-0.39, 0.29) is 0 Å². The van der Waals surface area contributed by atoms with Crippen molar-refractivity contribution in [1.82, 2.24) is 0 Å². The third-order valence-electron chi connectivity index (χ3n) is 3.78. The van der Waals surface area contributed by atoms with Crippen molar-refractivity contribution < 1.29 is 4.74 Å². The molecule has 0 aromatic rings. The highest BCUT2D eigenvalue weighted by Crippen LogP contribution is 2.18. The van der Waals surface area contributed by atoms with Gasteiger partial charge in [0.2, 0.25) is 0 Å². The molecule has 0 bridgehead atoms. The number of ether oxygens (including phenoxy) is 1. The molecule has 1 aliphatic rings. The van der Waals surface area contributed by atoms with Gasteiger partial charge >= 0.3 is 0 Å². The molecule has 3 unspecified atom stereocenters. The van der Waals surface area contributed by atoms with Gasteiger partial charge in [0, 0.05) is 6.61 Å². The number of hydrogen-bond acceptors (Lipinski definition) is 1. The van der Waals surface area contributed by atoms with E-state index >= 15 is 0 Å². The fourth-order valence-electron chi connectivity index (χ4n) is 2.24. The maximum absolute atomic E-state index is 5.64. The standard InChI is InChI=1S/C14H29OS/c1-4-13(2)16(3)12-7-5-6-9-14-10-8-11-15-14/h13-14H,4-12H2,1-3H3/q+1. The molecule has 0 amide bonds. The smallest absolute Gasteiger partial charge is 0.114 e. The van der Waals surface area contributed by atoms with Crippen LogP contribution in [0.2, 0.25) is 0 Å². The van der Waals surface area contributed by atoms with Crippen molar-refractivity contribution in [1.29, 1.82) is 0 Å². The maximum Gasteiger partial charge on any atom is 0.114 e. The highest BCUT2D eigenvalue weighted by Gasteiger charge is 2.18. The van der Waals surface area contributed by atoms with Gasteiger partial charge in [-0.1, -0.05) is 13.3 Å². The second-order valence-electron chi connectivity index (χ2n) is 5.10. The molecule has 1 heterocycles. The Balaban J connectivity index is 1.91. The molecule has 0 radical (unpaired) electrons. The lowest BCUT2D eigenvalue weighted by Gasteiger charge is -2.10. The maximum atomic E-state index is 5.64. The summed E-state index contributed by atoms with van der Waals surface area (Å²) in [5.41, 5.74) is 0. The second-order valence-corrected chi connectivity index (χ2v) is 7.69. The minimum atomic E-state index is 0.606. The zero-order valence-electron chi connectivity index (χ0n) is 11.3. The van der Waals surface area contributed by atoms with Crippen molar-refractivity contribution in [3.63, 3.8) is 0 Å². The van der Waals surface area contributed by atoms with Crippen molar-refractivity contribution in [2.75, 3.05) is 18.6 Å². The summed E-state index contributed by atoms with van der Waals surface area (Å²) in [7, 11) is 0.649. The topological polar surface area (TPSA) is 9.23 Å². The first-order valence-electron chi connectivity index (χ1n) is 6.97. The average molecular weight is 245 g/mol. The molecular formula is C14H29OS+. The molecule has 16 heavy (non-hydrogen) atoms. The minimum Gasteiger partial charge on any atom is -0.378 e. The van der Waals surface area contributed by atoms with Gasteiger partial charge in [-0.2, -0.15) is 0 Å². The summed E-state index contributed by atoms with van der Waals surface area (Å²) in [6, 6.07) is 0. The summed E-state index contributed by atoms with van der Waals surface area (Å²) in [6.07, 6.45) is 12.5. The van der Waals surface area contributed by atoms with E-state index in [1.165, 1.54) is 50.7 Å². The van der Waals surface area contributed by atoms with Crippen LogP contribution in [0.4, 0.5) is 0 Å². The first-order chi connectivity index (χ1) is 7.74. The van der Waals surface area contributed by atoms with Crippen LogP contribution in [0.25, 0.3) is 0 Å². The summed E-state index contributed by atoms with van der Waals surface area (Å²) in [5.74, 6) is 1.44. The van der Waals surface area contributed by atoms with Crippen LogP contribution in [0.1, 0.15) is 58.8 Å². The van der Waals surface area contributed by atoms with Crippen LogP contribution in [0, 0.1) is 0 Å². The molecule has 0 N–H and O–H groups in total. The van der Waals surface area contributed by atoms with E-state index in [2.05, 4.69) is 20.1 Å². The Morgan fingerprint density at radius 3 is 2.75 bits per heavy atom. The summed E-state index contributed by atoms with van der Waals surface area (Å²) < 4.78 is 5.64. The third-order valence-corrected chi connectivity index (χ3v) is 6.42. The van der Waals surface area contributed by atoms with E-state index in [4.69, 9.17) is 4.74 Å². The average Bonchev–Trinajstić information content (AvgIpc) is 2.80. The van der Waals surface area contributed by atoms with Crippen LogP contribution in [0.5, 0.6) is 0 Å². The first kappa shape index (κ1) is 14.4. The van der Waals surface area contributed by atoms with Crippen LogP contribution < -0.4 is 0 Å². The van der Waals surface area contributed by atoms with Crippen molar-refractivity contribution in [2.45, 2.75) is 70.1 Å². The Labute approximate surface area is 105 Å². The van der Waals surface area contributed by atoms with Crippen molar-refractivity contribution in [3.05, 3.63) is 0 Å². The molecular weight excluding hydrogens is 216 g/mol. The van der Waals surface area contributed by atoms with E-state index in [0.717, 1.165) is 11.9 Å². The lowest BCUT2D eigenvalue weighted by atomic mass is 10.1. The lowest BCUT2D eigenvalue weighted by Crippen LogP contribution is -2.19. The largest absolute Gasteiger partial charge is 0.378 e.